The van der Waals surface area contributed by atoms with Gasteiger partial charge in [-0.05, 0) is 55.9 Å². The van der Waals surface area contributed by atoms with Crippen LogP contribution in [0.15, 0.2) is 33.8 Å². The molecule has 0 radical (unpaired) electrons. The number of nitrogens with one attached hydrogen (secondary N) is 2. The summed E-state index contributed by atoms with van der Waals surface area (Å²) in [5, 5.41) is 10.8. The minimum atomic E-state index is 0. The molecule has 0 atom stereocenters. The number of aryl methyl sites for hydroxylation is 1. The first-order chi connectivity index (χ1) is 13.3. The number of halogens is 1. The van der Waals surface area contributed by atoms with Crippen molar-refractivity contribution in [1.82, 2.24) is 20.8 Å². The van der Waals surface area contributed by atoms with Gasteiger partial charge in [0.05, 0.1) is 7.11 Å². The molecule has 3 rings (SSSR count). The number of hydrogen-bond acceptors (Lipinski definition) is 5. The van der Waals surface area contributed by atoms with Crippen LogP contribution in [0.25, 0.3) is 11.4 Å². The van der Waals surface area contributed by atoms with Gasteiger partial charge in [-0.25, -0.2) is 0 Å². The first kappa shape index (κ1) is 22.4. The monoisotopic (exact) mass is 499 g/mol. The minimum absolute atomic E-state index is 0. The summed E-state index contributed by atoms with van der Waals surface area (Å²) in [7, 11) is 3.47. The third kappa shape index (κ3) is 7.29. The van der Waals surface area contributed by atoms with Gasteiger partial charge in [-0.3, -0.25) is 4.99 Å². The molecule has 1 aliphatic carbocycles. The van der Waals surface area contributed by atoms with Crippen molar-refractivity contribution < 1.29 is 9.26 Å². The van der Waals surface area contributed by atoms with Gasteiger partial charge in [-0.15, -0.1) is 24.0 Å². The fourth-order valence-electron chi connectivity index (χ4n) is 2.78. The average molecular weight is 499 g/mol. The van der Waals surface area contributed by atoms with Gasteiger partial charge in [0.1, 0.15) is 5.75 Å². The fourth-order valence-corrected chi connectivity index (χ4v) is 2.78. The van der Waals surface area contributed by atoms with Crippen LogP contribution in [0.3, 0.4) is 0 Å². The van der Waals surface area contributed by atoms with E-state index in [1.165, 1.54) is 12.8 Å². The summed E-state index contributed by atoms with van der Waals surface area (Å²) in [6.07, 6.45) is 6.72. The molecule has 2 N–H and O–H groups in total. The Kier molecular flexibility index (Phi) is 9.52. The molecule has 0 spiro atoms. The van der Waals surface area contributed by atoms with Crippen molar-refractivity contribution in [3.8, 4) is 17.1 Å². The minimum Gasteiger partial charge on any atom is -0.497 e. The lowest BCUT2D eigenvalue weighted by Crippen LogP contribution is -2.38. The van der Waals surface area contributed by atoms with Crippen molar-refractivity contribution in [2.24, 2.45) is 10.9 Å². The van der Waals surface area contributed by atoms with E-state index in [1.807, 2.05) is 31.3 Å². The Morgan fingerprint density at radius 1 is 1.18 bits per heavy atom. The Labute approximate surface area is 183 Å². The largest absolute Gasteiger partial charge is 0.497 e. The molecule has 2 aromatic rings. The molecular weight excluding hydrogens is 469 g/mol. The van der Waals surface area contributed by atoms with Crippen molar-refractivity contribution in [3.63, 3.8) is 0 Å². The van der Waals surface area contributed by atoms with E-state index in [0.717, 1.165) is 62.0 Å². The highest BCUT2D eigenvalue weighted by atomic mass is 127. The first-order valence-corrected chi connectivity index (χ1v) is 9.70. The molecule has 1 aliphatic rings. The number of aliphatic imine (C=N–C) groups is 1. The normalized spacial score (nSPS) is 13.7. The number of nitrogens with zero attached hydrogens (tertiary/aromatic N) is 3. The van der Waals surface area contributed by atoms with Crippen LogP contribution in [0.2, 0.25) is 0 Å². The number of benzene rings is 1. The van der Waals surface area contributed by atoms with Crippen molar-refractivity contribution in [1.29, 1.82) is 0 Å². The molecule has 1 aromatic carbocycles. The lowest BCUT2D eigenvalue weighted by molar-refractivity contribution is 0.374. The third-order valence-electron chi connectivity index (χ3n) is 4.65. The van der Waals surface area contributed by atoms with Crippen molar-refractivity contribution in [2.45, 2.75) is 38.5 Å². The lowest BCUT2D eigenvalue weighted by Gasteiger charge is -2.11. The molecule has 1 fully saturated rings. The highest BCUT2D eigenvalue weighted by Gasteiger charge is 2.20. The highest BCUT2D eigenvalue weighted by molar-refractivity contribution is 14.0. The molecule has 1 saturated carbocycles. The summed E-state index contributed by atoms with van der Waals surface area (Å²) in [6.45, 7) is 1.96. The SMILES string of the molecule is CN=C(NCCCCCc1nc(-c2ccc(OC)cc2)no1)NCC1CC1.I. The number of hydrogen-bond donors (Lipinski definition) is 2. The quantitative estimate of drug-likeness (QED) is 0.225. The first-order valence-electron chi connectivity index (χ1n) is 9.70. The average Bonchev–Trinajstić information content (AvgIpc) is 3.42. The molecule has 1 heterocycles. The number of unbranched alkanes of at least 4 members (excludes halogenated alkanes) is 2. The number of ether oxygens (including phenoxy) is 1. The summed E-state index contributed by atoms with van der Waals surface area (Å²) in [6, 6.07) is 7.66. The van der Waals surface area contributed by atoms with Gasteiger partial charge >= 0.3 is 0 Å². The lowest BCUT2D eigenvalue weighted by atomic mass is 10.2. The maximum Gasteiger partial charge on any atom is 0.226 e. The second-order valence-electron chi connectivity index (χ2n) is 6.87. The Balaban J connectivity index is 0.00000280. The smallest absolute Gasteiger partial charge is 0.226 e. The van der Waals surface area contributed by atoms with Crippen LogP contribution >= 0.6 is 24.0 Å². The molecule has 7 nitrogen and oxygen atoms in total. The van der Waals surface area contributed by atoms with Gasteiger partial charge in [0.25, 0.3) is 0 Å². The maximum atomic E-state index is 5.36. The Morgan fingerprint density at radius 2 is 1.96 bits per heavy atom. The molecule has 8 heteroatoms. The van der Waals surface area contributed by atoms with Gasteiger partial charge in [0, 0.05) is 32.1 Å². The molecule has 1 aromatic heterocycles. The number of guanidine groups is 1. The summed E-state index contributed by atoms with van der Waals surface area (Å²) >= 11 is 0. The van der Waals surface area contributed by atoms with Crippen LogP contribution in [0.5, 0.6) is 5.75 Å². The standard InChI is InChI=1S/C20H29N5O2.HI/c1-21-20(23-14-15-7-8-15)22-13-5-3-4-6-18-24-19(25-27-18)16-9-11-17(26-2)12-10-16;/h9-12,15H,3-8,13-14H2,1-2H3,(H2,21,22,23);1H. The molecule has 0 amide bonds. The zero-order chi connectivity index (χ0) is 18.9. The van der Waals surface area contributed by atoms with E-state index in [0.29, 0.717) is 11.7 Å². The molecule has 154 valence electrons. The summed E-state index contributed by atoms with van der Waals surface area (Å²) < 4.78 is 10.5. The topological polar surface area (TPSA) is 84.6 Å². The van der Waals surface area contributed by atoms with Gasteiger partial charge in [-0.2, -0.15) is 4.98 Å². The molecule has 0 unspecified atom stereocenters. The summed E-state index contributed by atoms with van der Waals surface area (Å²) in [4.78, 5) is 8.73. The van der Waals surface area contributed by atoms with E-state index in [9.17, 15) is 0 Å². The van der Waals surface area contributed by atoms with E-state index in [4.69, 9.17) is 9.26 Å². The van der Waals surface area contributed by atoms with Crippen molar-refractivity contribution in [2.75, 3.05) is 27.2 Å². The van der Waals surface area contributed by atoms with Crippen LogP contribution in [-0.2, 0) is 6.42 Å². The highest BCUT2D eigenvalue weighted by Crippen LogP contribution is 2.27. The Bertz CT molecular complexity index is 728. The predicted molar refractivity (Wildman–Crippen MR) is 121 cm³/mol. The number of aromatic nitrogens is 2. The van der Waals surface area contributed by atoms with Gasteiger partial charge < -0.3 is 19.9 Å². The van der Waals surface area contributed by atoms with Gasteiger partial charge in [-0.1, -0.05) is 11.6 Å². The summed E-state index contributed by atoms with van der Waals surface area (Å²) in [5.74, 6) is 3.88. The van der Waals surface area contributed by atoms with Crippen molar-refractivity contribution >= 4 is 29.9 Å². The van der Waals surface area contributed by atoms with Crippen molar-refractivity contribution in [3.05, 3.63) is 30.2 Å². The molecule has 0 bridgehead atoms. The zero-order valence-electron chi connectivity index (χ0n) is 16.6. The Morgan fingerprint density at radius 3 is 2.64 bits per heavy atom. The summed E-state index contributed by atoms with van der Waals surface area (Å²) in [5.41, 5.74) is 0.931. The maximum absolute atomic E-state index is 5.36. The number of rotatable bonds is 10. The van der Waals surface area contributed by atoms with Crippen LogP contribution < -0.4 is 15.4 Å². The zero-order valence-corrected chi connectivity index (χ0v) is 18.9. The predicted octanol–water partition coefficient (Wildman–Crippen LogP) is 3.65. The fraction of sp³-hybridized carbons (Fsp3) is 0.550. The van der Waals surface area contributed by atoms with E-state index >= 15 is 0 Å². The van der Waals surface area contributed by atoms with Crippen LogP contribution in [0.1, 0.15) is 38.0 Å². The molecule has 28 heavy (non-hydrogen) atoms. The van der Waals surface area contributed by atoms with E-state index < -0.39 is 0 Å². The van der Waals surface area contributed by atoms with E-state index in [2.05, 4.69) is 25.8 Å². The van der Waals surface area contributed by atoms with Gasteiger partial charge in [0.2, 0.25) is 11.7 Å². The molecular formula is C20H30IN5O2. The molecule has 0 saturated heterocycles. The van der Waals surface area contributed by atoms with Crippen LogP contribution in [-0.4, -0.2) is 43.3 Å². The Hall–Kier alpha value is -1.84. The van der Waals surface area contributed by atoms with E-state index in [1.54, 1.807) is 7.11 Å². The second kappa shape index (κ2) is 11.9. The second-order valence-corrected chi connectivity index (χ2v) is 6.87. The van der Waals surface area contributed by atoms with Gasteiger partial charge in [0.15, 0.2) is 5.96 Å². The molecule has 0 aliphatic heterocycles. The third-order valence-corrected chi connectivity index (χ3v) is 4.65. The van der Waals surface area contributed by atoms with Crippen LogP contribution in [0, 0.1) is 5.92 Å². The number of methoxy groups -OCH3 is 1. The van der Waals surface area contributed by atoms with Crippen LogP contribution in [0.4, 0.5) is 0 Å². The van der Waals surface area contributed by atoms with E-state index in [-0.39, 0.29) is 24.0 Å².